The normalized spacial score (nSPS) is 0.500. The summed E-state index contributed by atoms with van der Waals surface area (Å²) in [5.74, 6) is 0. The molecular weight excluding hydrogens is 104 g/mol. The van der Waals surface area contributed by atoms with Crippen LogP contribution in [0.3, 0.4) is 0 Å². The van der Waals surface area contributed by atoms with Crippen LogP contribution in [0.4, 0.5) is 0 Å². The van der Waals surface area contributed by atoms with Crippen molar-refractivity contribution in [3.63, 3.8) is 0 Å². The maximum absolute atomic E-state index is 6.50. The third-order valence-electron chi connectivity index (χ3n) is 0. The van der Waals surface area contributed by atoms with Crippen LogP contribution in [-0.4, -0.2) is 0 Å². The molecule has 0 rings (SSSR count). The Morgan fingerprint density at radius 3 is 1.25 bits per heavy atom. The van der Waals surface area contributed by atoms with E-state index in [0.29, 0.717) is 0 Å². The van der Waals surface area contributed by atoms with Gasteiger partial charge >= 0.3 is 103 Å². The second-order valence-corrected chi connectivity index (χ2v) is 0. The van der Waals surface area contributed by atoms with Gasteiger partial charge in [0.05, 0.1) is 0 Å². The minimum Gasteiger partial charge on any atom is -1.00 e. The Morgan fingerprint density at radius 2 is 1.25 bits per heavy atom. The van der Waals surface area contributed by atoms with Crippen LogP contribution in [0, 0.1) is 11.8 Å². The van der Waals surface area contributed by atoms with E-state index in [2.05, 4.69) is 6.57 Å². The fourth-order valence-electron chi connectivity index (χ4n) is 0. The molecule has 0 N–H and O–H groups in total. The van der Waals surface area contributed by atoms with Gasteiger partial charge in [-0.25, -0.2) is 5.26 Å². The van der Waals surface area contributed by atoms with Gasteiger partial charge in [0, 0.05) is 6.57 Å². The molecular formula is CH3K2N. The molecule has 0 atom stereocenters. The van der Waals surface area contributed by atoms with Gasteiger partial charge in [0.15, 0.2) is 0 Å². The number of hydrogen-bond donors (Lipinski definition) is 0. The molecule has 4 heavy (non-hydrogen) atoms. The molecule has 0 amide bonds. The quantitative estimate of drug-likeness (QED) is 0.283. The van der Waals surface area contributed by atoms with Gasteiger partial charge in [0.25, 0.3) is 0 Å². The summed E-state index contributed by atoms with van der Waals surface area (Å²) in [6.45, 7) is 3.50. The van der Waals surface area contributed by atoms with E-state index in [0.717, 1.165) is 0 Å². The Labute approximate surface area is 114 Å². The first-order valence-corrected chi connectivity index (χ1v) is 0.258. The number of rotatable bonds is 0. The summed E-state index contributed by atoms with van der Waals surface area (Å²) in [6, 6.07) is 0. The van der Waals surface area contributed by atoms with Crippen LogP contribution in [0.2, 0.25) is 0 Å². The molecule has 0 bridgehead atoms. The Hall–Kier alpha value is 2.76. The summed E-state index contributed by atoms with van der Waals surface area (Å²) in [4.78, 5) is 0. The van der Waals surface area contributed by atoms with Crippen molar-refractivity contribution in [3.05, 3.63) is 0 Å². The van der Waals surface area contributed by atoms with Crippen LogP contribution >= 0.6 is 0 Å². The first kappa shape index (κ1) is 15.9. The molecule has 0 aromatic heterocycles. The first-order chi connectivity index (χ1) is 1.00. The van der Waals surface area contributed by atoms with Gasteiger partial charge in [0.2, 0.25) is 0 Å². The number of hydrogen-bond acceptors (Lipinski definition) is 1. The van der Waals surface area contributed by atoms with Crippen LogP contribution in [0.1, 0.15) is 2.85 Å². The van der Waals surface area contributed by atoms with E-state index in [-0.39, 0.29) is 106 Å². The number of nitriles is 1. The Morgan fingerprint density at radius 1 is 1.25 bits per heavy atom. The van der Waals surface area contributed by atoms with Crippen LogP contribution < -0.4 is 103 Å². The smallest absolute Gasteiger partial charge is 1.00 e. The van der Waals surface area contributed by atoms with E-state index >= 15 is 0 Å². The summed E-state index contributed by atoms with van der Waals surface area (Å²) in [7, 11) is 0. The van der Waals surface area contributed by atoms with Crippen molar-refractivity contribution >= 4 is 0 Å². The van der Waals surface area contributed by atoms with Gasteiger partial charge < -0.3 is 2.85 Å². The molecule has 0 heterocycles. The van der Waals surface area contributed by atoms with E-state index in [9.17, 15) is 0 Å². The maximum atomic E-state index is 6.50. The van der Waals surface area contributed by atoms with Crippen molar-refractivity contribution in [2.45, 2.75) is 0 Å². The van der Waals surface area contributed by atoms with E-state index in [1.165, 1.54) is 0 Å². The predicted molar refractivity (Wildman–Crippen MR) is 8.89 cm³/mol. The van der Waals surface area contributed by atoms with Crippen molar-refractivity contribution in [3.8, 4) is 6.57 Å². The SMILES string of the molecule is C#N.[H-].[H-].[K+].[K+]. The minimum absolute atomic E-state index is 0. The molecule has 0 aliphatic heterocycles. The zero-order chi connectivity index (χ0) is 2.00. The molecule has 0 spiro atoms. The number of nitrogens with zero attached hydrogens (tertiary/aromatic N) is 1. The van der Waals surface area contributed by atoms with Crippen LogP contribution in [0.15, 0.2) is 0 Å². The van der Waals surface area contributed by atoms with Crippen molar-refractivity contribution in [2.75, 3.05) is 0 Å². The van der Waals surface area contributed by atoms with E-state index < -0.39 is 0 Å². The van der Waals surface area contributed by atoms with E-state index in [1.54, 1.807) is 0 Å². The molecule has 0 aromatic carbocycles. The molecule has 0 saturated carbocycles. The van der Waals surface area contributed by atoms with Crippen LogP contribution in [-0.2, 0) is 0 Å². The van der Waals surface area contributed by atoms with Gasteiger partial charge in [-0.3, -0.25) is 0 Å². The van der Waals surface area contributed by atoms with E-state index in [4.69, 9.17) is 5.26 Å². The third-order valence-corrected chi connectivity index (χ3v) is 0. The second-order valence-electron chi connectivity index (χ2n) is 0. The Bertz CT molecular complexity index is 16.3. The Balaban J connectivity index is -0.000000000833. The second kappa shape index (κ2) is 17.1. The van der Waals surface area contributed by atoms with E-state index in [1.807, 2.05) is 0 Å². The fraction of sp³-hybridized carbons (Fsp3) is 0. The van der Waals surface area contributed by atoms with Gasteiger partial charge in [-0.05, 0) is 0 Å². The molecule has 0 saturated heterocycles. The van der Waals surface area contributed by atoms with Crippen LogP contribution in [0.25, 0.3) is 0 Å². The molecule has 0 fully saturated rings. The van der Waals surface area contributed by atoms with Crippen molar-refractivity contribution < 1.29 is 106 Å². The van der Waals surface area contributed by atoms with Gasteiger partial charge in [-0.1, -0.05) is 0 Å². The van der Waals surface area contributed by atoms with Gasteiger partial charge in [-0.2, -0.15) is 0 Å². The standard InChI is InChI=1S/CHN.2K.2H/c1-2;;;;/h1H;;;;/q;2*+1;2*-1. The van der Waals surface area contributed by atoms with Crippen molar-refractivity contribution in [1.82, 2.24) is 0 Å². The average molecular weight is 107 g/mol. The van der Waals surface area contributed by atoms with Crippen molar-refractivity contribution in [2.24, 2.45) is 0 Å². The molecule has 0 aliphatic rings. The largest absolute Gasteiger partial charge is 1.00 e. The molecule has 0 aromatic rings. The predicted octanol–water partition coefficient (Wildman–Crippen LogP) is -5.63. The molecule has 0 aliphatic carbocycles. The minimum atomic E-state index is 0. The molecule has 14 valence electrons. The first-order valence-electron chi connectivity index (χ1n) is 0.258. The summed E-state index contributed by atoms with van der Waals surface area (Å²) < 4.78 is 0. The summed E-state index contributed by atoms with van der Waals surface area (Å²) in [6.07, 6.45) is 0. The molecule has 3 heteroatoms. The van der Waals surface area contributed by atoms with Crippen molar-refractivity contribution in [1.29, 1.82) is 5.26 Å². The zero-order valence-corrected chi connectivity index (χ0v) is 9.27. The molecule has 0 unspecified atom stereocenters. The van der Waals surface area contributed by atoms with Crippen LogP contribution in [0.5, 0.6) is 0 Å². The monoisotopic (exact) mass is 107 g/mol. The molecule has 0 radical (unpaired) electrons. The van der Waals surface area contributed by atoms with Gasteiger partial charge in [0.1, 0.15) is 0 Å². The molecule has 1 nitrogen and oxygen atoms in total. The average Bonchev–Trinajstić information content (AvgIpc) is 1.00. The summed E-state index contributed by atoms with van der Waals surface area (Å²) in [5.41, 5.74) is 0. The van der Waals surface area contributed by atoms with Gasteiger partial charge in [-0.15, -0.1) is 0 Å². The topological polar surface area (TPSA) is 23.8 Å². The zero-order valence-electron chi connectivity index (χ0n) is 5.02. The third kappa shape index (κ3) is 8.83. The summed E-state index contributed by atoms with van der Waals surface area (Å²) >= 11 is 0. The summed E-state index contributed by atoms with van der Waals surface area (Å²) in [5, 5.41) is 6.50. The fourth-order valence-corrected chi connectivity index (χ4v) is 0. The Kier molecular flexibility index (Phi) is 67.9. The maximum Gasteiger partial charge on any atom is 1.00 e.